The molecule has 0 radical (unpaired) electrons. The first-order valence-corrected chi connectivity index (χ1v) is 10.6. The van der Waals surface area contributed by atoms with Crippen LogP contribution in [0.1, 0.15) is 39.2 Å². The fourth-order valence-corrected chi connectivity index (χ4v) is 3.41. The molecular formula is C24H32N2O4. The molecule has 0 spiro atoms. The second kappa shape index (κ2) is 10.3. The first kappa shape index (κ1) is 21.9. The number of likely N-dealkylation sites (tertiary alicyclic amines) is 1. The third-order valence-electron chi connectivity index (χ3n) is 4.85. The first-order chi connectivity index (χ1) is 14.4. The molecule has 0 aliphatic carbocycles. The summed E-state index contributed by atoms with van der Waals surface area (Å²) in [5.41, 5.74) is 0.739. The quantitative estimate of drug-likeness (QED) is 0.658. The van der Waals surface area contributed by atoms with Gasteiger partial charge >= 0.3 is 6.09 Å². The molecule has 3 rings (SSSR count). The second-order valence-electron chi connectivity index (χ2n) is 8.64. The molecule has 0 bridgehead atoms. The predicted octanol–water partition coefficient (Wildman–Crippen LogP) is 4.73. The predicted molar refractivity (Wildman–Crippen MR) is 116 cm³/mol. The van der Waals surface area contributed by atoms with E-state index in [4.69, 9.17) is 14.2 Å². The third kappa shape index (κ3) is 6.94. The van der Waals surface area contributed by atoms with E-state index in [-0.39, 0.29) is 12.0 Å². The summed E-state index contributed by atoms with van der Waals surface area (Å²) in [6.45, 7) is 8.07. The van der Waals surface area contributed by atoms with E-state index in [9.17, 15) is 4.79 Å². The van der Waals surface area contributed by atoms with Gasteiger partial charge in [-0.25, -0.2) is 9.78 Å². The van der Waals surface area contributed by atoms with Gasteiger partial charge in [0.25, 0.3) is 5.88 Å². The summed E-state index contributed by atoms with van der Waals surface area (Å²) < 4.78 is 17.4. The van der Waals surface area contributed by atoms with Crippen LogP contribution >= 0.6 is 0 Å². The molecule has 30 heavy (non-hydrogen) atoms. The number of hydrogen-bond donors (Lipinski definition) is 0. The average molecular weight is 413 g/mol. The van der Waals surface area contributed by atoms with Gasteiger partial charge in [-0.1, -0.05) is 30.3 Å². The molecule has 0 unspecified atom stereocenters. The molecule has 1 aliphatic heterocycles. The fourth-order valence-electron chi connectivity index (χ4n) is 3.41. The Kier molecular flexibility index (Phi) is 7.55. The minimum absolute atomic E-state index is 0.251. The van der Waals surface area contributed by atoms with E-state index in [1.165, 1.54) is 5.56 Å². The highest BCUT2D eigenvalue weighted by atomic mass is 16.6. The van der Waals surface area contributed by atoms with Crippen molar-refractivity contribution in [2.75, 3.05) is 26.3 Å². The molecule has 1 aliphatic rings. The zero-order valence-corrected chi connectivity index (χ0v) is 18.2. The van der Waals surface area contributed by atoms with Crippen molar-refractivity contribution in [3.63, 3.8) is 0 Å². The van der Waals surface area contributed by atoms with E-state index in [2.05, 4.69) is 17.1 Å². The number of piperidine rings is 1. The van der Waals surface area contributed by atoms with E-state index >= 15 is 0 Å². The van der Waals surface area contributed by atoms with E-state index in [0.717, 1.165) is 25.8 Å². The van der Waals surface area contributed by atoms with Crippen LogP contribution in [0.5, 0.6) is 11.6 Å². The summed E-state index contributed by atoms with van der Waals surface area (Å²) in [4.78, 5) is 18.5. The Labute approximate surface area is 179 Å². The topological polar surface area (TPSA) is 60.9 Å². The van der Waals surface area contributed by atoms with E-state index in [0.29, 0.717) is 31.4 Å². The maximum atomic E-state index is 12.4. The average Bonchev–Trinajstić information content (AvgIpc) is 2.73. The van der Waals surface area contributed by atoms with Crippen molar-refractivity contribution in [1.82, 2.24) is 9.88 Å². The van der Waals surface area contributed by atoms with Crippen molar-refractivity contribution in [3.8, 4) is 11.6 Å². The number of carbonyl (C=O) groups excluding carboxylic acids is 1. The van der Waals surface area contributed by atoms with Crippen LogP contribution in [0.15, 0.2) is 48.7 Å². The van der Waals surface area contributed by atoms with Crippen LogP contribution in [0.25, 0.3) is 0 Å². The normalized spacial score (nSPS) is 16.8. The van der Waals surface area contributed by atoms with Gasteiger partial charge in [-0.3, -0.25) is 0 Å². The van der Waals surface area contributed by atoms with Crippen LogP contribution in [-0.2, 0) is 11.2 Å². The van der Waals surface area contributed by atoms with Gasteiger partial charge in [0.1, 0.15) is 5.60 Å². The van der Waals surface area contributed by atoms with Crippen molar-refractivity contribution in [2.45, 2.75) is 45.6 Å². The number of aromatic nitrogens is 1. The van der Waals surface area contributed by atoms with Crippen LogP contribution in [0.3, 0.4) is 0 Å². The van der Waals surface area contributed by atoms with Gasteiger partial charge in [-0.2, -0.15) is 0 Å². The monoisotopic (exact) mass is 412 g/mol. The maximum Gasteiger partial charge on any atom is 0.410 e. The lowest BCUT2D eigenvalue weighted by Gasteiger charge is -2.34. The molecule has 1 saturated heterocycles. The molecule has 1 fully saturated rings. The number of rotatable bonds is 7. The van der Waals surface area contributed by atoms with Gasteiger partial charge in [0.2, 0.25) is 0 Å². The van der Waals surface area contributed by atoms with Crippen LogP contribution < -0.4 is 9.47 Å². The lowest BCUT2D eigenvalue weighted by atomic mass is 9.99. The van der Waals surface area contributed by atoms with Crippen molar-refractivity contribution >= 4 is 6.09 Å². The zero-order chi connectivity index (χ0) is 21.4. The molecule has 1 aromatic carbocycles. The Morgan fingerprint density at radius 2 is 1.93 bits per heavy atom. The number of amides is 1. The summed E-state index contributed by atoms with van der Waals surface area (Å²) >= 11 is 0. The highest BCUT2D eigenvalue weighted by Crippen LogP contribution is 2.26. The van der Waals surface area contributed by atoms with Gasteiger partial charge < -0.3 is 19.1 Å². The molecule has 1 amide bonds. The van der Waals surface area contributed by atoms with Crippen LogP contribution in [0.4, 0.5) is 4.79 Å². The van der Waals surface area contributed by atoms with Crippen molar-refractivity contribution in [3.05, 3.63) is 54.2 Å². The van der Waals surface area contributed by atoms with Gasteiger partial charge in [0.05, 0.1) is 13.2 Å². The minimum Gasteiger partial charge on any atom is -0.488 e. The van der Waals surface area contributed by atoms with Gasteiger partial charge in [0.15, 0.2) is 5.75 Å². The molecule has 6 nitrogen and oxygen atoms in total. The largest absolute Gasteiger partial charge is 0.488 e. The highest BCUT2D eigenvalue weighted by Gasteiger charge is 2.28. The SMILES string of the molecule is CC(C)(C)OC(=O)N1CCC[C@H](COc2cccnc2OCCc2ccccc2)C1. The maximum absolute atomic E-state index is 12.4. The van der Waals surface area contributed by atoms with Crippen LogP contribution in [0, 0.1) is 5.92 Å². The number of hydrogen-bond acceptors (Lipinski definition) is 5. The summed E-state index contributed by atoms with van der Waals surface area (Å²) in [6, 6.07) is 13.9. The number of nitrogens with zero attached hydrogens (tertiary/aromatic N) is 2. The number of pyridine rings is 1. The lowest BCUT2D eigenvalue weighted by Crippen LogP contribution is -2.44. The van der Waals surface area contributed by atoms with Crippen LogP contribution in [-0.4, -0.2) is 47.9 Å². The summed E-state index contributed by atoms with van der Waals surface area (Å²) in [6.07, 6.45) is 4.23. The molecule has 1 aromatic heterocycles. The summed E-state index contributed by atoms with van der Waals surface area (Å²) in [7, 11) is 0. The smallest absolute Gasteiger partial charge is 0.410 e. The summed E-state index contributed by atoms with van der Waals surface area (Å²) in [5.74, 6) is 1.40. The number of benzene rings is 1. The Bertz CT molecular complexity index is 804. The minimum atomic E-state index is -0.484. The Morgan fingerprint density at radius 3 is 2.70 bits per heavy atom. The molecule has 0 N–H and O–H groups in total. The molecular weight excluding hydrogens is 380 g/mol. The Hall–Kier alpha value is -2.76. The van der Waals surface area contributed by atoms with Gasteiger partial charge in [-0.15, -0.1) is 0 Å². The molecule has 162 valence electrons. The van der Waals surface area contributed by atoms with Crippen molar-refractivity contribution in [2.24, 2.45) is 5.92 Å². The zero-order valence-electron chi connectivity index (χ0n) is 18.2. The number of ether oxygens (including phenoxy) is 3. The molecule has 1 atom stereocenters. The molecule has 0 saturated carbocycles. The number of carbonyl (C=O) groups is 1. The van der Waals surface area contributed by atoms with Crippen LogP contribution in [0.2, 0.25) is 0 Å². The fraction of sp³-hybridized carbons (Fsp3) is 0.500. The first-order valence-electron chi connectivity index (χ1n) is 10.6. The van der Waals surface area contributed by atoms with E-state index in [1.807, 2.05) is 51.1 Å². The van der Waals surface area contributed by atoms with Crippen molar-refractivity contribution < 1.29 is 19.0 Å². The third-order valence-corrected chi connectivity index (χ3v) is 4.85. The van der Waals surface area contributed by atoms with E-state index in [1.54, 1.807) is 11.1 Å². The molecule has 2 heterocycles. The summed E-state index contributed by atoms with van der Waals surface area (Å²) in [5, 5.41) is 0. The standard InChI is InChI=1S/C24H32N2O4/c1-24(2,3)30-23(27)26-15-8-11-20(17-26)18-29-21-12-7-14-25-22(21)28-16-13-19-9-5-4-6-10-19/h4-7,9-10,12,14,20H,8,11,13,15-18H2,1-3H3/t20-/m0/s1. The Balaban J connectivity index is 1.50. The van der Waals surface area contributed by atoms with E-state index < -0.39 is 5.60 Å². The molecule has 2 aromatic rings. The Morgan fingerprint density at radius 1 is 1.13 bits per heavy atom. The lowest BCUT2D eigenvalue weighted by molar-refractivity contribution is 0.0138. The van der Waals surface area contributed by atoms with Gasteiger partial charge in [-0.05, 0) is 51.3 Å². The molecule has 6 heteroatoms. The van der Waals surface area contributed by atoms with Crippen molar-refractivity contribution in [1.29, 1.82) is 0 Å². The van der Waals surface area contributed by atoms with Gasteiger partial charge in [0, 0.05) is 31.6 Å². The highest BCUT2D eigenvalue weighted by molar-refractivity contribution is 5.68. The second-order valence-corrected chi connectivity index (χ2v) is 8.64.